The summed E-state index contributed by atoms with van der Waals surface area (Å²) >= 11 is 5.78. The topological polar surface area (TPSA) is 139 Å². The molecule has 2 rings (SSSR count). The van der Waals surface area contributed by atoms with Gasteiger partial charge in [0.15, 0.2) is 0 Å². The molecule has 132 valence electrons. The third-order valence-corrected chi connectivity index (χ3v) is 4.54. The number of nitrogens with zero attached hydrogens (tertiary/aromatic N) is 2. The largest absolute Gasteiger partial charge is 0.867 e. The van der Waals surface area contributed by atoms with Crippen LogP contribution >= 0.6 is 11.6 Å². The number of rotatable bonds is 5. The van der Waals surface area contributed by atoms with E-state index in [1.165, 1.54) is 24.4 Å². The van der Waals surface area contributed by atoms with Crippen LogP contribution in [0.25, 0.3) is 0 Å². The summed E-state index contributed by atoms with van der Waals surface area (Å²) in [6, 6.07) is 7.63. The van der Waals surface area contributed by atoms with Crippen LogP contribution in [0.2, 0.25) is 5.02 Å². The van der Waals surface area contributed by atoms with E-state index in [2.05, 4.69) is 4.99 Å². The zero-order valence-corrected chi connectivity index (χ0v) is 14.5. The summed E-state index contributed by atoms with van der Waals surface area (Å²) < 4.78 is 22.5. The minimum atomic E-state index is -3.78. The predicted molar refractivity (Wildman–Crippen MR) is 91.4 cm³/mol. The summed E-state index contributed by atoms with van der Waals surface area (Å²) in [5, 5.41) is 27.9. The summed E-state index contributed by atoms with van der Waals surface area (Å²) in [4.78, 5) is 14.2. The SMILES string of the molecule is C[C@@H](N=Cc1cc(Cl)cc([N+](=O)[O-])c1[O-])c1ccc(S(N)(=O)=O)cc1. The van der Waals surface area contributed by atoms with Gasteiger partial charge in [0.2, 0.25) is 10.0 Å². The molecule has 0 fully saturated rings. The number of nitro groups is 1. The van der Waals surface area contributed by atoms with Crippen molar-refractivity contribution in [2.75, 3.05) is 0 Å². The Balaban J connectivity index is 2.29. The number of halogens is 1. The Labute approximate surface area is 148 Å². The lowest BCUT2D eigenvalue weighted by atomic mass is 10.1. The highest BCUT2D eigenvalue weighted by Crippen LogP contribution is 2.30. The molecule has 0 aromatic heterocycles. The number of hydrogen-bond donors (Lipinski definition) is 1. The van der Waals surface area contributed by atoms with Crippen molar-refractivity contribution in [1.29, 1.82) is 0 Å². The molecule has 0 aliphatic carbocycles. The standard InChI is InChI=1S/C15H14ClN3O5S/c1-9(10-2-4-13(5-3-10)25(17,23)24)18-8-11-6-12(16)7-14(15(11)20)19(21)22/h2-9,20H,1H3,(H2,17,23,24)/p-1/t9-/m1/s1. The number of benzene rings is 2. The van der Waals surface area contributed by atoms with Crippen LogP contribution in [0, 0.1) is 10.1 Å². The average molecular weight is 383 g/mol. The van der Waals surface area contributed by atoms with Crippen LogP contribution in [0.4, 0.5) is 5.69 Å². The third-order valence-electron chi connectivity index (χ3n) is 3.39. The van der Waals surface area contributed by atoms with E-state index in [1.807, 2.05) is 0 Å². The Bertz CT molecular complexity index is 942. The predicted octanol–water partition coefficient (Wildman–Crippen LogP) is 2.15. The number of nitrogens with two attached hydrogens (primary N) is 1. The Morgan fingerprint density at radius 1 is 1.28 bits per heavy atom. The molecular weight excluding hydrogens is 370 g/mol. The van der Waals surface area contributed by atoms with Crippen molar-refractivity contribution in [3.8, 4) is 5.75 Å². The van der Waals surface area contributed by atoms with Crippen molar-refractivity contribution >= 4 is 33.5 Å². The summed E-state index contributed by atoms with van der Waals surface area (Å²) in [7, 11) is -3.78. The molecule has 0 unspecified atom stereocenters. The second-order valence-corrected chi connectivity index (χ2v) is 7.17. The number of nitro benzene ring substituents is 1. The van der Waals surface area contributed by atoms with E-state index < -0.39 is 32.4 Å². The summed E-state index contributed by atoms with van der Waals surface area (Å²) in [5.41, 5.74) is 0.0407. The van der Waals surface area contributed by atoms with Gasteiger partial charge in [-0.15, -0.1) is 0 Å². The van der Waals surface area contributed by atoms with Gasteiger partial charge in [0.05, 0.1) is 15.9 Å². The van der Waals surface area contributed by atoms with Gasteiger partial charge >= 0.3 is 0 Å². The maximum atomic E-state index is 12.0. The van der Waals surface area contributed by atoms with Crippen molar-refractivity contribution < 1.29 is 18.4 Å². The summed E-state index contributed by atoms with van der Waals surface area (Å²) in [6.45, 7) is 1.71. The first-order chi connectivity index (χ1) is 11.6. The highest BCUT2D eigenvalue weighted by atomic mass is 35.5. The molecule has 0 saturated carbocycles. The van der Waals surface area contributed by atoms with Crippen LogP contribution in [-0.2, 0) is 10.0 Å². The Hall–Kier alpha value is -2.49. The molecule has 0 radical (unpaired) electrons. The van der Waals surface area contributed by atoms with E-state index in [-0.39, 0.29) is 15.5 Å². The fourth-order valence-corrected chi connectivity index (χ4v) is 2.78. The first-order valence-electron chi connectivity index (χ1n) is 6.90. The number of aliphatic imine (C=N–C) groups is 1. The van der Waals surface area contributed by atoms with Crippen molar-refractivity contribution in [3.63, 3.8) is 0 Å². The third kappa shape index (κ3) is 4.53. The molecule has 0 aliphatic heterocycles. The van der Waals surface area contributed by atoms with Gasteiger partial charge in [-0.2, -0.15) is 0 Å². The zero-order chi connectivity index (χ0) is 18.8. The van der Waals surface area contributed by atoms with Gasteiger partial charge in [-0.1, -0.05) is 23.7 Å². The first kappa shape index (κ1) is 18.8. The molecule has 8 nitrogen and oxygen atoms in total. The molecule has 2 aromatic carbocycles. The lowest BCUT2D eigenvalue weighted by Crippen LogP contribution is -2.12. The van der Waals surface area contributed by atoms with Crippen LogP contribution in [0.5, 0.6) is 5.75 Å². The van der Waals surface area contributed by atoms with Crippen LogP contribution in [0.3, 0.4) is 0 Å². The van der Waals surface area contributed by atoms with Crippen molar-refractivity contribution in [2.45, 2.75) is 17.9 Å². The summed E-state index contributed by atoms with van der Waals surface area (Å²) in [6.07, 6.45) is 1.21. The highest BCUT2D eigenvalue weighted by molar-refractivity contribution is 7.89. The molecule has 0 heterocycles. The molecule has 2 N–H and O–H groups in total. The molecule has 0 amide bonds. The Morgan fingerprint density at radius 2 is 1.88 bits per heavy atom. The van der Waals surface area contributed by atoms with Crippen molar-refractivity contribution in [3.05, 3.63) is 62.7 Å². The fraction of sp³-hybridized carbons (Fsp3) is 0.133. The van der Waals surface area contributed by atoms with Gasteiger partial charge in [-0.25, -0.2) is 13.6 Å². The van der Waals surface area contributed by atoms with Gasteiger partial charge in [0.25, 0.3) is 5.69 Å². The highest BCUT2D eigenvalue weighted by Gasteiger charge is 2.12. The molecule has 0 aliphatic rings. The Morgan fingerprint density at radius 3 is 2.40 bits per heavy atom. The van der Waals surface area contributed by atoms with E-state index >= 15 is 0 Å². The minimum absolute atomic E-state index is 0.00722. The molecule has 0 spiro atoms. The molecule has 0 bridgehead atoms. The molecule has 2 aromatic rings. The maximum Gasteiger partial charge on any atom is 0.263 e. The Kier molecular flexibility index (Phi) is 5.41. The molecule has 10 heteroatoms. The van der Waals surface area contributed by atoms with Crippen molar-refractivity contribution in [2.24, 2.45) is 10.1 Å². The van der Waals surface area contributed by atoms with Gasteiger partial charge in [0.1, 0.15) is 0 Å². The molecular formula is C15H13ClN3O5S-. The van der Waals surface area contributed by atoms with E-state index in [0.29, 0.717) is 5.56 Å². The molecule has 1 atom stereocenters. The second-order valence-electron chi connectivity index (χ2n) is 5.17. The van der Waals surface area contributed by atoms with Crippen LogP contribution in [-0.4, -0.2) is 19.6 Å². The molecule has 25 heavy (non-hydrogen) atoms. The van der Waals surface area contributed by atoms with E-state index in [0.717, 1.165) is 6.07 Å². The molecule has 0 saturated heterocycles. The summed E-state index contributed by atoms with van der Waals surface area (Å²) in [5.74, 6) is -0.782. The average Bonchev–Trinajstić information content (AvgIpc) is 2.54. The van der Waals surface area contributed by atoms with E-state index in [4.69, 9.17) is 16.7 Å². The van der Waals surface area contributed by atoms with Crippen molar-refractivity contribution in [1.82, 2.24) is 0 Å². The lowest BCUT2D eigenvalue weighted by molar-refractivity contribution is -0.398. The number of hydrogen-bond acceptors (Lipinski definition) is 6. The van der Waals surface area contributed by atoms with E-state index in [9.17, 15) is 23.6 Å². The second kappa shape index (κ2) is 7.18. The maximum absolute atomic E-state index is 12.0. The van der Waals surface area contributed by atoms with Crippen LogP contribution in [0.15, 0.2) is 46.3 Å². The van der Waals surface area contributed by atoms with Gasteiger partial charge in [0, 0.05) is 17.3 Å². The normalized spacial score (nSPS) is 13.1. The van der Waals surface area contributed by atoms with Crippen LogP contribution in [0.1, 0.15) is 24.1 Å². The monoisotopic (exact) mass is 382 g/mol. The van der Waals surface area contributed by atoms with Crippen LogP contribution < -0.4 is 10.2 Å². The lowest BCUT2D eigenvalue weighted by Gasteiger charge is -2.12. The van der Waals surface area contributed by atoms with Gasteiger partial charge < -0.3 is 5.11 Å². The fourth-order valence-electron chi connectivity index (χ4n) is 2.05. The quantitative estimate of drug-likeness (QED) is 0.479. The van der Waals surface area contributed by atoms with Gasteiger partial charge in [-0.3, -0.25) is 15.1 Å². The number of primary sulfonamides is 1. The zero-order valence-electron chi connectivity index (χ0n) is 12.9. The first-order valence-corrected chi connectivity index (χ1v) is 8.83. The van der Waals surface area contributed by atoms with Gasteiger partial charge in [-0.05, 0) is 42.0 Å². The smallest absolute Gasteiger partial charge is 0.263 e. The number of sulfonamides is 1. The minimum Gasteiger partial charge on any atom is -0.867 e. The van der Waals surface area contributed by atoms with E-state index in [1.54, 1.807) is 19.1 Å².